The molecule has 3 aromatic heterocycles. The highest BCUT2D eigenvalue weighted by molar-refractivity contribution is 7.89. The first-order valence-electron chi connectivity index (χ1n) is 9.88. The maximum atomic E-state index is 13.2. The lowest BCUT2D eigenvalue weighted by Crippen LogP contribution is -2.17. The fraction of sp³-hybridized carbons (Fsp3) is 0.227. The molecule has 0 aliphatic heterocycles. The van der Waals surface area contributed by atoms with Crippen molar-refractivity contribution in [3.05, 3.63) is 68.9 Å². The molecule has 4 aromatic rings. The van der Waals surface area contributed by atoms with Gasteiger partial charge in [-0.1, -0.05) is 11.6 Å². The molecule has 0 fully saturated rings. The van der Waals surface area contributed by atoms with Crippen LogP contribution in [0.2, 0.25) is 5.15 Å². The summed E-state index contributed by atoms with van der Waals surface area (Å²) in [4.78, 5) is 21.3. The van der Waals surface area contributed by atoms with E-state index in [1.807, 2.05) is 20.0 Å². The first-order valence-corrected chi connectivity index (χ1v) is 11.8. The number of fused-ring (bicyclic) bond motifs is 1. The number of pyridine rings is 1. The summed E-state index contributed by atoms with van der Waals surface area (Å²) in [5.74, 6) is 0.284. The molecule has 0 saturated heterocycles. The van der Waals surface area contributed by atoms with Gasteiger partial charge in [0.05, 0.1) is 11.7 Å². The molecular weight excluding hydrogens is 468 g/mol. The number of primary sulfonamides is 1. The van der Waals surface area contributed by atoms with Crippen LogP contribution in [0.25, 0.3) is 22.4 Å². The van der Waals surface area contributed by atoms with Gasteiger partial charge in [0.25, 0.3) is 10.0 Å². The fourth-order valence-corrected chi connectivity index (χ4v) is 4.42. The number of ether oxygens (including phenoxy) is 1. The van der Waals surface area contributed by atoms with Crippen molar-refractivity contribution < 1.29 is 17.6 Å². The summed E-state index contributed by atoms with van der Waals surface area (Å²) in [6.45, 7) is 5.24. The summed E-state index contributed by atoms with van der Waals surface area (Å²) < 4.78 is 37.9. The standard InChI is InChI=1S/C22H21ClN4O5S/c1-11-7-14(13(3)31-17-5-6-18(23)26-22(17)33(24,29)30)21-15(8-11)19(28)12(2)20(32-21)16-9-27(4)10-25-16/h5-10,13H,1-4H3,(H2,24,29,30)/t13-/m1/s1. The number of nitrogens with two attached hydrogens (primary N) is 1. The van der Waals surface area contributed by atoms with Gasteiger partial charge in [-0.05, 0) is 50.6 Å². The van der Waals surface area contributed by atoms with Gasteiger partial charge in [-0.15, -0.1) is 0 Å². The number of hydrogen-bond donors (Lipinski definition) is 1. The van der Waals surface area contributed by atoms with Crippen LogP contribution in [-0.2, 0) is 17.1 Å². The van der Waals surface area contributed by atoms with Gasteiger partial charge in [0.1, 0.15) is 22.5 Å². The average Bonchev–Trinajstić information content (AvgIpc) is 3.17. The van der Waals surface area contributed by atoms with Crippen molar-refractivity contribution in [1.29, 1.82) is 0 Å². The molecule has 0 aliphatic carbocycles. The Morgan fingerprint density at radius 2 is 1.97 bits per heavy atom. The number of benzene rings is 1. The summed E-state index contributed by atoms with van der Waals surface area (Å²) in [6, 6.07) is 6.33. The van der Waals surface area contributed by atoms with Gasteiger partial charge < -0.3 is 13.7 Å². The van der Waals surface area contributed by atoms with Crippen LogP contribution in [-0.4, -0.2) is 23.0 Å². The molecule has 2 N–H and O–H groups in total. The zero-order valence-electron chi connectivity index (χ0n) is 18.3. The molecule has 0 bridgehead atoms. The van der Waals surface area contributed by atoms with Crippen LogP contribution >= 0.6 is 11.6 Å². The van der Waals surface area contributed by atoms with Crippen molar-refractivity contribution >= 4 is 32.6 Å². The topological polar surface area (TPSA) is 130 Å². The predicted molar refractivity (Wildman–Crippen MR) is 124 cm³/mol. The molecule has 3 heterocycles. The Kier molecular flexibility index (Phi) is 5.77. The van der Waals surface area contributed by atoms with Crippen molar-refractivity contribution in [2.45, 2.75) is 31.9 Å². The number of nitrogens with zero attached hydrogens (tertiary/aromatic N) is 3. The highest BCUT2D eigenvalue weighted by Gasteiger charge is 2.24. The predicted octanol–water partition coefficient (Wildman–Crippen LogP) is 3.65. The van der Waals surface area contributed by atoms with Crippen LogP contribution < -0.4 is 15.3 Å². The van der Waals surface area contributed by atoms with Crippen LogP contribution in [0.1, 0.15) is 29.7 Å². The smallest absolute Gasteiger partial charge is 0.259 e. The highest BCUT2D eigenvalue weighted by Crippen LogP contribution is 2.33. The van der Waals surface area contributed by atoms with Gasteiger partial charge in [0, 0.05) is 24.4 Å². The molecule has 4 rings (SSSR count). The molecule has 0 amide bonds. The van der Waals surface area contributed by atoms with Gasteiger partial charge in [-0.2, -0.15) is 0 Å². The van der Waals surface area contributed by atoms with Gasteiger partial charge >= 0.3 is 0 Å². The Hall–Kier alpha value is -3.21. The summed E-state index contributed by atoms with van der Waals surface area (Å²) in [5.41, 5.74) is 2.45. The Bertz CT molecular complexity index is 1560. The Morgan fingerprint density at radius 3 is 2.61 bits per heavy atom. The molecule has 0 aliphatic rings. The molecule has 11 heteroatoms. The van der Waals surface area contributed by atoms with E-state index in [0.717, 1.165) is 5.56 Å². The van der Waals surface area contributed by atoms with E-state index in [1.54, 1.807) is 37.0 Å². The molecule has 0 saturated carbocycles. The maximum absolute atomic E-state index is 13.2. The average molecular weight is 489 g/mol. The minimum absolute atomic E-state index is 0.0403. The molecule has 1 atom stereocenters. The zero-order chi connectivity index (χ0) is 24.1. The monoisotopic (exact) mass is 488 g/mol. The van der Waals surface area contributed by atoms with Crippen LogP contribution in [0.3, 0.4) is 0 Å². The quantitative estimate of drug-likeness (QED) is 0.424. The minimum Gasteiger partial charge on any atom is -0.483 e. The summed E-state index contributed by atoms with van der Waals surface area (Å²) in [7, 11) is -2.37. The molecule has 9 nitrogen and oxygen atoms in total. The third-order valence-electron chi connectivity index (χ3n) is 5.13. The third-order valence-corrected chi connectivity index (χ3v) is 6.17. The lowest BCUT2D eigenvalue weighted by molar-refractivity contribution is 0.219. The van der Waals surface area contributed by atoms with E-state index in [0.29, 0.717) is 33.6 Å². The third kappa shape index (κ3) is 4.37. The zero-order valence-corrected chi connectivity index (χ0v) is 19.9. The highest BCUT2D eigenvalue weighted by atomic mass is 35.5. The van der Waals surface area contributed by atoms with Gasteiger partial charge in [0.15, 0.2) is 16.9 Å². The van der Waals surface area contributed by atoms with Crippen LogP contribution in [0.5, 0.6) is 5.75 Å². The van der Waals surface area contributed by atoms with E-state index in [1.165, 1.54) is 12.1 Å². The Morgan fingerprint density at radius 1 is 1.24 bits per heavy atom. The first kappa shape index (κ1) is 23.0. The normalized spacial score (nSPS) is 12.8. The minimum atomic E-state index is -4.19. The molecule has 172 valence electrons. The van der Waals surface area contributed by atoms with Gasteiger partial charge in [0.2, 0.25) is 5.03 Å². The molecular formula is C22H21ClN4O5S. The van der Waals surface area contributed by atoms with Crippen molar-refractivity contribution in [3.8, 4) is 17.2 Å². The largest absolute Gasteiger partial charge is 0.483 e. The first-order chi connectivity index (χ1) is 15.5. The second kappa shape index (κ2) is 8.29. The van der Waals surface area contributed by atoms with Crippen LogP contribution in [0, 0.1) is 13.8 Å². The van der Waals surface area contributed by atoms with Gasteiger partial charge in [-0.3, -0.25) is 4.79 Å². The molecule has 33 heavy (non-hydrogen) atoms. The Balaban J connectivity index is 1.89. The van der Waals surface area contributed by atoms with Crippen molar-refractivity contribution in [2.75, 3.05) is 0 Å². The van der Waals surface area contributed by atoms with E-state index < -0.39 is 21.2 Å². The number of rotatable bonds is 5. The number of aromatic nitrogens is 3. The van der Waals surface area contributed by atoms with E-state index in [4.69, 9.17) is 25.9 Å². The van der Waals surface area contributed by atoms with E-state index >= 15 is 0 Å². The Labute approximate surface area is 194 Å². The molecule has 0 spiro atoms. The lowest BCUT2D eigenvalue weighted by atomic mass is 10.0. The molecule has 0 radical (unpaired) electrons. The number of aryl methyl sites for hydroxylation is 2. The molecule has 1 aromatic carbocycles. The second-order valence-corrected chi connectivity index (χ2v) is 9.65. The number of imidazole rings is 1. The van der Waals surface area contributed by atoms with Crippen molar-refractivity contribution in [3.63, 3.8) is 0 Å². The van der Waals surface area contributed by atoms with Crippen LogP contribution in [0.4, 0.5) is 0 Å². The number of sulfonamides is 1. The van der Waals surface area contributed by atoms with E-state index in [-0.39, 0.29) is 16.3 Å². The van der Waals surface area contributed by atoms with E-state index in [2.05, 4.69) is 9.97 Å². The van der Waals surface area contributed by atoms with Crippen molar-refractivity contribution in [1.82, 2.24) is 14.5 Å². The summed E-state index contributed by atoms with van der Waals surface area (Å²) >= 11 is 5.84. The number of hydrogen-bond acceptors (Lipinski definition) is 7. The fourth-order valence-electron chi connectivity index (χ4n) is 3.60. The summed E-state index contributed by atoms with van der Waals surface area (Å²) in [6.07, 6.45) is 2.64. The maximum Gasteiger partial charge on any atom is 0.259 e. The SMILES string of the molecule is Cc1cc([C@@H](C)Oc2ccc(Cl)nc2S(N)(=O)=O)c2oc(-c3cn(C)cn3)c(C)c(=O)c2c1. The lowest BCUT2D eigenvalue weighted by Gasteiger charge is -2.19. The van der Waals surface area contributed by atoms with E-state index in [9.17, 15) is 13.2 Å². The second-order valence-electron chi connectivity index (χ2n) is 7.78. The summed E-state index contributed by atoms with van der Waals surface area (Å²) in [5, 5.41) is 5.15. The molecule has 0 unspecified atom stereocenters. The van der Waals surface area contributed by atoms with Crippen molar-refractivity contribution in [2.24, 2.45) is 12.2 Å². The van der Waals surface area contributed by atoms with Crippen LogP contribution in [0.15, 0.2) is 51.0 Å². The van der Waals surface area contributed by atoms with Gasteiger partial charge in [-0.25, -0.2) is 23.5 Å². The number of halogens is 1.